The van der Waals surface area contributed by atoms with Gasteiger partial charge in [-0.25, -0.2) is 0 Å². The van der Waals surface area contributed by atoms with Gasteiger partial charge in [0.1, 0.15) is 5.75 Å². The fourth-order valence-corrected chi connectivity index (χ4v) is 4.42. The number of carbonyl (C=O) groups excluding carboxylic acids is 1. The molecule has 0 saturated carbocycles. The molecule has 0 fully saturated rings. The van der Waals surface area contributed by atoms with Crippen LogP contribution in [0, 0.1) is 5.92 Å². The maximum absolute atomic E-state index is 13.0. The summed E-state index contributed by atoms with van der Waals surface area (Å²) in [6.07, 6.45) is 5.08. The van der Waals surface area contributed by atoms with Crippen molar-refractivity contribution in [2.24, 2.45) is 5.92 Å². The third kappa shape index (κ3) is 2.37. The van der Waals surface area contributed by atoms with Crippen LogP contribution in [-0.2, 0) is 11.2 Å². The number of aromatic amines is 1. The average Bonchev–Trinajstić information content (AvgIpc) is 3.07. The number of aromatic nitrogens is 1. The Bertz CT molecular complexity index is 885. The van der Waals surface area contributed by atoms with E-state index in [1.807, 2.05) is 30.9 Å². The molecular weight excluding hydrogens is 314 g/mol. The SMILES string of the molecule is [2H]Oc1ccc2[nH]cc3c2c1C1=C[C@@H](C(=O)N(CC)CC)CN(C)[C@@H]1C3. The van der Waals surface area contributed by atoms with E-state index in [2.05, 4.69) is 29.2 Å². The summed E-state index contributed by atoms with van der Waals surface area (Å²) in [5.41, 5.74) is 4.38. The quantitative estimate of drug-likeness (QED) is 0.899. The second kappa shape index (κ2) is 5.92. The van der Waals surface area contributed by atoms with Crippen LogP contribution >= 0.6 is 0 Å². The molecule has 1 aliphatic heterocycles. The Labute approximate surface area is 149 Å². The van der Waals surface area contributed by atoms with Crippen LogP contribution in [0.2, 0.25) is 0 Å². The number of rotatable bonds is 4. The van der Waals surface area contributed by atoms with Crippen molar-refractivity contribution in [3.05, 3.63) is 35.5 Å². The molecule has 5 nitrogen and oxygen atoms in total. The molecule has 2 heterocycles. The third-order valence-electron chi connectivity index (χ3n) is 5.74. The number of H-pyrrole nitrogens is 1. The van der Waals surface area contributed by atoms with Crippen LogP contribution in [0.5, 0.6) is 5.75 Å². The van der Waals surface area contributed by atoms with Crippen LogP contribution in [0.1, 0.15) is 25.0 Å². The molecule has 0 bridgehead atoms. The summed E-state index contributed by atoms with van der Waals surface area (Å²) in [6.45, 7) is 6.20. The summed E-state index contributed by atoms with van der Waals surface area (Å²) in [5, 5.41) is 6.08. The van der Waals surface area contributed by atoms with Gasteiger partial charge in [-0.15, -0.1) is 0 Å². The van der Waals surface area contributed by atoms with Gasteiger partial charge in [-0.2, -0.15) is 0 Å². The number of nitrogens with one attached hydrogen (secondary N) is 1. The first kappa shape index (κ1) is 15.0. The van der Waals surface area contributed by atoms with Crippen LogP contribution < -0.4 is 0 Å². The van der Waals surface area contributed by atoms with Gasteiger partial charge in [-0.1, -0.05) is 6.08 Å². The lowest BCUT2D eigenvalue weighted by Crippen LogP contribution is -2.47. The summed E-state index contributed by atoms with van der Waals surface area (Å²) in [7, 11) is 2.08. The van der Waals surface area contributed by atoms with Crippen LogP contribution in [0.4, 0.5) is 0 Å². The first-order chi connectivity index (χ1) is 12.6. The number of benzene rings is 1. The summed E-state index contributed by atoms with van der Waals surface area (Å²) >= 11 is 0. The van der Waals surface area contributed by atoms with Crippen molar-refractivity contribution >= 4 is 22.4 Å². The van der Waals surface area contributed by atoms with E-state index in [0.29, 0.717) is 5.75 Å². The van der Waals surface area contributed by atoms with Crippen molar-refractivity contribution in [2.75, 3.05) is 26.7 Å². The molecule has 0 saturated heterocycles. The summed E-state index contributed by atoms with van der Waals surface area (Å²) in [5.74, 6) is 0.562. The molecule has 1 aromatic heterocycles. The zero-order valence-corrected chi connectivity index (χ0v) is 15.0. The lowest BCUT2D eigenvalue weighted by molar-refractivity contribution is -0.134. The Kier molecular flexibility index (Phi) is 3.55. The zero-order valence-electron chi connectivity index (χ0n) is 16.0. The predicted octanol–water partition coefficient (Wildman–Crippen LogP) is 2.61. The van der Waals surface area contributed by atoms with Gasteiger partial charge in [0.2, 0.25) is 5.91 Å². The zero-order chi connectivity index (χ0) is 18.4. The fourth-order valence-electron chi connectivity index (χ4n) is 4.42. The van der Waals surface area contributed by atoms with Crippen molar-refractivity contribution in [3.8, 4) is 5.75 Å². The molecule has 0 spiro atoms. The van der Waals surface area contributed by atoms with E-state index in [1.54, 1.807) is 0 Å². The van der Waals surface area contributed by atoms with E-state index in [9.17, 15) is 4.79 Å². The van der Waals surface area contributed by atoms with Crippen LogP contribution in [0.25, 0.3) is 16.5 Å². The Morgan fingerprint density at radius 3 is 2.96 bits per heavy atom. The second-order valence-corrected chi connectivity index (χ2v) is 7.07. The van der Waals surface area contributed by atoms with E-state index in [4.69, 9.17) is 6.54 Å². The van der Waals surface area contributed by atoms with Crippen molar-refractivity contribution < 1.29 is 9.90 Å². The van der Waals surface area contributed by atoms with Gasteiger partial charge in [0.25, 0.3) is 1.43 Å². The Balaban J connectivity index is 1.86. The molecule has 2 N–H and O–H groups in total. The smallest absolute Gasteiger partial charge is 0.293 e. The molecule has 25 heavy (non-hydrogen) atoms. The van der Waals surface area contributed by atoms with Crippen molar-refractivity contribution in [3.63, 3.8) is 0 Å². The minimum Gasteiger partial charge on any atom is -0.507 e. The number of likely N-dealkylation sites (N-methyl/N-ethyl adjacent to an activating group) is 1. The van der Waals surface area contributed by atoms with Crippen molar-refractivity contribution in [2.45, 2.75) is 26.3 Å². The molecule has 4 rings (SSSR count). The molecule has 0 radical (unpaired) electrons. The van der Waals surface area contributed by atoms with Gasteiger partial charge >= 0.3 is 0 Å². The number of hydrogen-bond acceptors (Lipinski definition) is 3. The Morgan fingerprint density at radius 2 is 2.24 bits per heavy atom. The molecule has 2 aliphatic rings. The first-order valence-electron chi connectivity index (χ1n) is 9.47. The molecule has 1 aliphatic carbocycles. The van der Waals surface area contributed by atoms with Gasteiger partial charge in [0, 0.05) is 48.3 Å². The van der Waals surface area contributed by atoms with Crippen LogP contribution in [-0.4, -0.2) is 60.0 Å². The maximum Gasteiger partial charge on any atom is 0.293 e. The van der Waals surface area contributed by atoms with Crippen LogP contribution in [0.3, 0.4) is 0 Å². The molecule has 0 unspecified atom stereocenters. The van der Waals surface area contributed by atoms with Gasteiger partial charge in [-0.3, -0.25) is 9.69 Å². The molecule has 1 amide bonds. The lowest BCUT2D eigenvalue weighted by Gasteiger charge is -2.40. The molecule has 2 aromatic rings. The Morgan fingerprint density at radius 1 is 1.44 bits per heavy atom. The normalized spacial score (nSPS) is 23.0. The van der Waals surface area contributed by atoms with Crippen molar-refractivity contribution in [1.82, 2.24) is 14.8 Å². The number of hydrogen-bond donors (Lipinski definition) is 2. The van der Waals surface area contributed by atoms with Gasteiger partial charge in [0.05, 0.1) is 5.92 Å². The number of aromatic hydroxyl groups is 1. The molecular formula is C20H25N3O2. The molecule has 5 heteroatoms. The van der Waals surface area contributed by atoms with Crippen LogP contribution in [0.15, 0.2) is 24.4 Å². The highest BCUT2D eigenvalue weighted by atomic mass is 16.3. The van der Waals surface area contributed by atoms with E-state index in [1.165, 1.54) is 5.56 Å². The maximum atomic E-state index is 13.0. The number of phenols is 1. The summed E-state index contributed by atoms with van der Waals surface area (Å²) < 4.78 is 7.50. The molecule has 1 aromatic carbocycles. The summed E-state index contributed by atoms with van der Waals surface area (Å²) in [4.78, 5) is 20.4. The minimum absolute atomic E-state index is 0.166. The van der Waals surface area contributed by atoms with Gasteiger partial charge < -0.3 is 15.0 Å². The second-order valence-electron chi connectivity index (χ2n) is 7.07. The number of fused-ring (bicyclic) bond motifs is 2. The van der Waals surface area contributed by atoms with Crippen molar-refractivity contribution in [1.29, 1.82) is 1.43 Å². The fraction of sp³-hybridized carbons (Fsp3) is 0.450. The number of nitrogens with zero attached hydrogens (tertiary/aromatic N) is 2. The summed E-state index contributed by atoms with van der Waals surface area (Å²) in [6, 6.07) is 4.00. The highest BCUT2D eigenvalue weighted by molar-refractivity contribution is 6.01. The standard InChI is InChI=1S/C20H25N3O2/c1-4-23(5-2)20(25)13-8-14-16(22(3)11-13)9-12-10-21-15-6-7-17(24)19(14)18(12)15/h6-8,10,13,16,21,24H,4-5,9,11H2,1-3H3/t13-,16-/m1/s1/i/hD. The highest BCUT2D eigenvalue weighted by Gasteiger charge is 2.37. The predicted molar refractivity (Wildman–Crippen MR) is 99.5 cm³/mol. The first-order valence-corrected chi connectivity index (χ1v) is 9.06. The number of carbonyl (C=O) groups is 1. The average molecular weight is 340 g/mol. The highest BCUT2D eigenvalue weighted by Crippen LogP contribution is 2.44. The van der Waals surface area contributed by atoms with Gasteiger partial charge in [-0.05, 0) is 50.6 Å². The van der Waals surface area contributed by atoms with E-state index in [0.717, 1.165) is 48.1 Å². The van der Waals surface area contributed by atoms with E-state index in [-0.39, 0.29) is 17.9 Å². The minimum atomic E-state index is -0.166. The topological polar surface area (TPSA) is 59.6 Å². The number of amides is 1. The lowest BCUT2D eigenvalue weighted by atomic mass is 9.79. The Hall–Kier alpha value is -2.27. The largest absolute Gasteiger partial charge is 0.507 e. The number of phenolic OH excluding ortho intramolecular Hbond substituents is 1. The van der Waals surface area contributed by atoms with Gasteiger partial charge in [0.15, 0.2) is 0 Å². The monoisotopic (exact) mass is 340 g/mol. The molecule has 132 valence electrons. The van der Waals surface area contributed by atoms with E-state index >= 15 is 0 Å². The molecule has 2 atom stereocenters. The third-order valence-corrected chi connectivity index (χ3v) is 5.74. The van der Waals surface area contributed by atoms with E-state index < -0.39 is 0 Å².